The first-order chi connectivity index (χ1) is 10.6. The first-order valence-corrected chi connectivity index (χ1v) is 6.97. The molecule has 0 saturated carbocycles. The van der Waals surface area contributed by atoms with Crippen LogP contribution < -0.4 is 5.32 Å². The van der Waals surface area contributed by atoms with Crippen molar-refractivity contribution in [3.63, 3.8) is 0 Å². The number of anilines is 1. The minimum atomic E-state index is -0.448. The summed E-state index contributed by atoms with van der Waals surface area (Å²) in [6.45, 7) is 1.97. The Morgan fingerprint density at radius 1 is 1.05 bits per heavy atom. The zero-order chi connectivity index (χ0) is 15.5. The predicted octanol–water partition coefficient (Wildman–Crippen LogP) is 3.95. The quantitative estimate of drug-likeness (QED) is 0.795. The average molecular weight is 314 g/mol. The Hall–Kier alpha value is -2.66. The summed E-state index contributed by atoms with van der Waals surface area (Å²) in [6.07, 6.45) is 0. The first-order valence-electron chi connectivity index (χ1n) is 6.59. The lowest BCUT2D eigenvalue weighted by atomic mass is 10.2. The molecule has 0 fully saturated rings. The molecule has 1 amide bonds. The fraction of sp³-hybridized carbons (Fsp3) is 0.0625. The molecule has 0 radical (unpaired) electrons. The van der Waals surface area contributed by atoms with Crippen LogP contribution in [-0.2, 0) is 0 Å². The molecule has 2 aromatic carbocycles. The van der Waals surface area contributed by atoms with E-state index in [0.717, 1.165) is 5.56 Å². The third-order valence-corrected chi connectivity index (χ3v) is 3.27. The minimum Gasteiger partial charge on any atom is -0.412 e. The fourth-order valence-electron chi connectivity index (χ4n) is 1.85. The molecule has 0 aliphatic rings. The van der Waals surface area contributed by atoms with E-state index in [1.807, 2.05) is 31.2 Å². The summed E-state index contributed by atoms with van der Waals surface area (Å²) in [7, 11) is 0. The predicted molar refractivity (Wildman–Crippen MR) is 83.9 cm³/mol. The van der Waals surface area contributed by atoms with Gasteiger partial charge in [0.15, 0.2) is 0 Å². The van der Waals surface area contributed by atoms with Gasteiger partial charge in [-0.3, -0.25) is 4.79 Å². The highest BCUT2D eigenvalue weighted by Crippen LogP contribution is 2.20. The monoisotopic (exact) mass is 313 g/mol. The Morgan fingerprint density at radius 3 is 2.41 bits per heavy atom. The van der Waals surface area contributed by atoms with Gasteiger partial charge in [-0.2, -0.15) is 0 Å². The maximum absolute atomic E-state index is 12.1. The van der Waals surface area contributed by atoms with Crippen molar-refractivity contribution in [2.75, 3.05) is 5.32 Å². The van der Waals surface area contributed by atoms with Crippen molar-refractivity contribution in [3.8, 4) is 11.5 Å². The molecule has 3 rings (SSSR count). The highest BCUT2D eigenvalue weighted by molar-refractivity contribution is 6.30. The number of rotatable bonds is 3. The van der Waals surface area contributed by atoms with Crippen LogP contribution in [0.1, 0.15) is 16.2 Å². The van der Waals surface area contributed by atoms with Gasteiger partial charge in [0.25, 0.3) is 0 Å². The van der Waals surface area contributed by atoms with Gasteiger partial charge in [-0.1, -0.05) is 29.3 Å². The summed E-state index contributed by atoms with van der Waals surface area (Å²) in [5.41, 5.74) is 2.48. The van der Waals surface area contributed by atoms with Crippen LogP contribution in [-0.4, -0.2) is 16.1 Å². The number of hydrogen-bond acceptors (Lipinski definition) is 4. The Labute approximate surface area is 131 Å². The normalized spacial score (nSPS) is 10.5. The van der Waals surface area contributed by atoms with Crippen molar-refractivity contribution in [3.05, 3.63) is 65.0 Å². The molecule has 0 aliphatic carbocycles. The van der Waals surface area contributed by atoms with Gasteiger partial charge in [-0.05, 0) is 43.3 Å². The first kappa shape index (κ1) is 14.3. The molecule has 0 bridgehead atoms. The third-order valence-electron chi connectivity index (χ3n) is 3.02. The zero-order valence-corrected chi connectivity index (χ0v) is 12.5. The fourth-order valence-corrected chi connectivity index (χ4v) is 1.97. The lowest BCUT2D eigenvalue weighted by Gasteiger charge is -2.02. The molecule has 6 heteroatoms. The Balaban J connectivity index is 1.76. The molecule has 0 aliphatic heterocycles. The third kappa shape index (κ3) is 3.15. The van der Waals surface area contributed by atoms with E-state index < -0.39 is 5.91 Å². The topological polar surface area (TPSA) is 68.0 Å². The van der Waals surface area contributed by atoms with Gasteiger partial charge in [-0.25, -0.2) is 0 Å². The molecule has 0 atom stereocenters. The van der Waals surface area contributed by atoms with Crippen molar-refractivity contribution >= 4 is 23.2 Å². The number of carbonyl (C=O) groups is 1. The van der Waals surface area contributed by atoms with E-state index in [0.29, 0.717) is 16.3 Å². The molecule has 0 spiro atoms. The largest absolute Gasteiger partial charge is 0.412 e. The van der Waals surface area contributed by atoms with E-state index in [1.165, 1.54) is 0 Å². The van der Waals surface area contributed by atoms with Gasteiger partial charge >= 0.3 is 11.8 Å². The average Bonchev–Trinajstić information content (AvgIpc) is 3.00. The lowest BCUT2D eigenvalue weighted by molar-refractivity contribution is 0.0991. The van der Waals surface area contributed by atoms with Crippen molar-refractivity contribution < 1.29 is 9.21 Å². The molecular formula is C16H12ClN3O2. The number of carbonyl (C=O) groups excluding carboxylic acids is 1. The van der Waals surface area contributed by atoms with Crippen molar-refractivity contribution in [2.24, 2.45) is 0 Å². The van der Waals surface area contributed by atoms with E-state index in [-0.39, 0.29) is 11.8 Å². The molecule has 110 valence electrons. The van der Waals surface area contributed by atoms with E-state index in [2.05, 4.69) is 15.5 Å². The number of hydrogen-bond donors (Lipinski definition) is 1. The van der Waals surface area contributed by atoms with Gasteiger partial charge in [0.2, 0.25) is 5.89 Å². The number of benzene rings is 2. The molecule has 1 N–H and O–H groups in total. The number of nitrogens with one attached hydrogen (secondary N) is 1. The highest BCUT2D eigenvalue weighted by Gasteiger charge is 2.16. The van der Waals surface area contributed by atoms with Crippen LogP contribution in [0.15, 0.2) is 52.9 Å². The SMILES string of the molecule is Cc1ccc(NC(=O)c2nnc(-c3ccc(Cl)cc3)o2)cc1. The number of aryl methyl sites for hydroxylation is 1. The molecule has 3 aromatic rings. The smallest absolute Gasteiger partial charge is 0.313 e. The zero-order valence-electron chi connectivity index (χ0n) is 11.7. The Bertz CT molecular complexity index is 795. The summed E-state index contributed by atoms with van der Waals surface area (Å²) in [5, 5.41) is 11.0. The van der Waals surface area contributed by atoms with Crippen molar-refractivity contribution in [1.82, 2.24) is 10.2 Å². The molecule has 0 saturated heterocycles. The summed E-state index contributed by atoms with van der Waals surface area (Å²) in [5.74, 6) is -0.271. The van der Waals surface area contributed by atoms with Gasteiger partial charge in [0.05, 0.1) is 0 Å². The summed E-state index contributed by atoms with van der Waals surface area (Å²) >= 11 is 5.83. The molecule has 1 aromatic heterocycles. The lowest BCUT2D eigenvalue weighted by Crippen LogP contribution is -2.12. The molecule has 1 heterocycles. The Kier molecular flexibility index (Phi) is 3.89. The molecule has 0 unspecified atom stereocenters. The van der Waals surface area contributed by atoms with Gasteiger partial charge in [-0.15, -0.1) is 10.2 Å². The summed E-state index contributed by atoms with van der Waals surface area (Å²) in [6, 6.07) is 14.4. The van der Waals surface area contributed by atoms with Gasteiger partial charge < -0.3 is 9.73 Å². The van der Waals surface area contributed by atoms with Crippen LogP contribution in [0.2, 0.25) is 5.02 Å². The number of nitrogens with zero attached hydrogens (tertiary/aromatic N) is 2. The number of amides is 1. The van der Waals surface area contributed by atoms with E-state index >= 15 is 0 Å². The van der Waals surface area contributed by atoms with Crippen LogP contribution in [0.5, 0.6) is 0 Å². The second-order valence-electron chi connectivity index (χ2n) is 4.74. The van der Waals surface area contributed by atoms with Crippen LogP contribution in [0, 0.1) is 6.92 Å². The second-order valence-corrected chi connectivity index (χ2v) is 5.18. The highest BCUT2D eigenvalue weighted by atomic mass is 35.5. The summed E-state index contributed by atoms with van der Waals surface area (Å²) in [4.78, 5) is 12.1. The van der Waals surface area contributed by atoms with E-state index in [4.69, 9.17) is 16.0 Å². The maximum atomic E-state index is 12.1. The molecule has 5 nitrogen and oxygen atoms in total. The van der Waals surface area contributed by atoms with Crippen LogP contribution in [0.4, 0.5) is 5.69 Å². The maximum Gasteiger partial charge on any atom is 0.313 e. The Morgan fingerprint density at radius 2 is 1.73 bits per heavy atom. The minimum absolute atomic E-state index is 0.0921. The molecule has 22 heavy (non-hydrogen) atoms. The van der Waals surface area contributed by atoms with E-state index in [1.54, 1.807) is 24.3 Å². The van der Waals surface area contributed by atoms with Gasteiger partial charge in [0.1, 0.15) is 0 Å². The number of halogens is 1. The van der Waals surface area contributed by atoms with Crippen molar-refractivity contribution in [1.29, 1.82) is 0 Å². The summed E-state index contributed by atoms with van der Waals surface area (Å²) < 4.78 is 5.39. The second kappa shape index (κ2) is 5.99. The van der Waals surface area contributed by atoms with Crippen LogP contribution >= 0.6 is 11.6 Å². The van der Waals surface area contributed by atoms with Gasteiger partial charge in [0, 0.05) is 16.3 Å². The van der Waals surface area contributed by atoms with E-state index in [9.17, 15) is 4.79 Å². The van der Waals surface area contributed by atoms with Crippen LogP contribution in [0.25, 0.3) is 11.5 Å². The molecular weight excluding hydrogens is 302 g/mol. The standard InChI is InChI=1S/C16H12ClN3O2/c1-10-2-8-13(9-3-10)18-14(21)16-20-19-15(22-16)11-4-6-12(17)7-5-11/h2-9H,1H3,(H,18,21). The van der Waals surface area contributed by atoms with Crippen molar-refractivity contribution in [2.45, 2.75) is 6.92 Å². The van der Waals surface area contributed by atoms with Crippen LogP contribution in [0.3, 0.4) is 0 Å². The number of aromatic nitrogens is 2.